The lowest BCUT2D eigenvalue weighted by Gasteiger charge is -2.28. The molecular formula is C24H28F4N4O2. The Morgan fingerprint density at radius 2 is 1.62 bits per heavy atom. The summed E-state index contributed by atoms with van der Waals surface area (Å²) in [6, 6.07) is 4.60. The maximum absolute atomic E-state index is 15.1. The van der Waals surface area contributed by atoms with E-state index < -0.39 is 23.5 Å². The highest BCUT2D eigenvalue weighted by Crippen LogP contribution is 2.43. The van der Waals surface area contributed by atoms with Crippen LogP contribution in [0.1, 0.15) is 62.1 Å². The SMILES string of the molecule is O=C(O)CC1CCC(CNc2ncnc(NC(c3ccc(C(F)(F)F)cc3)C3CC3)c2F)CC1. The number of rotatable bonds is 9. The third-order valence-corrected chi connectivity index (χ3v) is 6.76. The molecule has 34 heavy (non-hydrogen) atoms. The lowest BCUT2D eigenvalue weighted by atomic mass is 9.80. The van der Waals surface area contributed by atoms with Crippen LogP contribution in [0.3, 0.4) is 0 Å². The molecule has 1 heterocycles. The van der Waals surface area contributed by atoms with Crippen LogP contribution in [0.5, 0.6) is 0 Å². The smallest absolute Gasteiger partial charge is 0.416 e. The van der Waals surface area contributed by atoms with Crippen molar-refractivity contribution < 1.29 is 27.5 Å². The number of carbonyl (C=O) groups is 1. The van der Waals surface area contributed by atoms with Gasteiger partial charge in [-0.05, 0) is 74.0 Å². The Hall–Kier alpha value is -2.91. The maximum atomic E-state index is 15.1. The highest BCUT2D eigenvalue weighted by molar-refractivity contribution is 5.67. The van der Waals surface area contributed by atoms with Crippen LogP contribution in [0.15, 0.2) is 30.6 Å². The fraction of sp³-hybridized carbons (Fsp3) is 0.542. The zero-order chi connectivity index (χ0) is 24.3. The molecule has 3 N–H and O–H groups in total. The van der Waals surface area contributed by atoms with Crippen molar-refractivity contribution in [3.05, 3.63) is 47.5 Å². The van der Waals surface area contributed by atoms with E-state index in [9.17, 15) is 18.0 Å². The number of nitrogens with one attached hydrogen (secondary N) is 2. The topological polar surface area (TPSA) is 87.1 Å². The van der Waals surface area contributed by atoms with E-state index in [1.165, 1.54) is 18.5 Å². The molecular weight excluding hydrogens is 452 g/mol. The van der Waals surface area contributed by atoms with Gasteiger partial charge < -0.3 is 15.7 Å². The Labute approximate surface area is 195 Å². The van der Waals surface area contributed by atoms with Gasteiger partial charge in [-0.3, -0.25) is 4.79 Å². The molecule has 0 saturated heterocycles. The van der Waals surface area contributed by atoms with Crippen molar-refractivity contribution in [1.29, 1.82) is 0 Å². The lowest BCUT2D eigenvalue weighted by molar-refractivity contribution is -0.139. The summed E-state index contributed by atoms with van der Waals surface area (Å²) in [5.74, 6) is -0.604. The molecule has 2 saturated carbocycles. The molecule has 1 aromatic heterocycles. The van der Waals surface area contributed by atoms with Crippen molar-refractivity contribution in [2.75, 3.05) is 17.2 Å². The number of benzene rings is 1. The number of halogens is 4. The Kier molecular flexibility index (Phi) is 7.23. The van der Waals surface area contributed by atoms with Crippen LogP contribution < -0.4 is 10.6 Å². The van der Waals surface area contributed by atoms with Gasteiger partial charge in [-0.2, -0.15) is 17.6 Å². The summed E-state index contributed by atoms with van der Waals surface area (Å²) in [4.78, 5) is 18.9. The van der Waals surface area contributed by atoms with Crippen LogP contribution in [-0.4, -0.2) is 27.6 Å². The molecule has 0 bridgehead atoms. The van der Waals surface area contributed by atoms with Gasteiger partial charge >= 0.3 is 12.1 Å². The summed E-state index contributed by atoms with van der Waals surface area (Å²) in [6.45, 7) is 0.526. The second-order valence-electron chi connectivity index (χ2n) is 9.33. The van der Waals surface area contributed by atoms with E-state index in [-0.39, 0.29) is 35.9 Å². The molecule has 6 nitrogen and oxygen atoms in total. The number of anilines is 2. The number of carboxylic acid groups (broad SMARTS) is 1. The number of hydrogen-bond acceptors (Lipinski definition) is 5. The highest BCUT2D eigenvalue weighted by Gasteiger charge is 2.35. The van der Waals surface area contributed by atoms with Crippen LogP contribution in [0.4, 0.5) is 29.2 Å². The molecule has 1 unspecified atom stereocenters. The third-order valence-electron chi connectivity index (χ3n) is 6.76. The summed E-state index contributed by atoms with van der Waals surface area (Å²) in [5, 5.41) is 15.1. The van der Waals surface area contributed by atoms with Crippen molar-refractivity contribution in [1.82, 2.24) is 9.97 Å². The molecule has 1 atom stereocenters. The van der Waals surface area contributed by atoms with Gasteiger partial charge in [0.1, 0.15) is 6.33 Å². The minimum Gasteiger partial charge on any atom is -0.481 e. The highest BCUT2D eigenvalue weighted by atomic mass is 19.4. The summed E-state index contributed by atoms with van der Waals surface area (Å²) in [7, 11) is 0. The molecule has 10 heteroatoms. The molecule has 0 spiro atoms. The van der Waals surface area contributed by atoms with Crippen LogP contribution in [0, 0.1) is 23.6 Å². The van der Waals surface area contributed by atoms with E-state index in [0.717, 1.165) is 50.7 Å². The van der Waals surface area contributed by atoms with Crippen molar-refractivity contribution in [3.8, 4) is 0 Å². The molecule has 4 rings (SSSR count). The van der Waals surface area contributed by atoms with E-state index >= 15 is 4.39 Å². The van der Waals surface area contributed by atoms with Crippen LogP contribution >= 0.6 is 0 Å². The van der Waals surface area contributed by atoms with Gasteiger partial charge in [-0.15, -0.1) is 0 Å². The molecule has 184 valence electrons. The molecule has 0 aliphatic heterocycles. The first-order chi connectivity index (χ1) is 16.2. The lowest BCUT2D eigenvalue weighted by Crippen LogP contribution is -2.23. The van der Waals surface area contributed by atoms with Gasteiger partial charge in [0.15, 0.2) is 11.6 Å². The van der Waals surface area contributed by atoms with Gasteiger partial charge in [0.25, 0.3) is 0 Å². The molecule has 2 aliphatic carbocycles. The van der Waals surface area contributed by atoms with Crippen LogP contribution in [0.25, 0.3) is 0 Å². The van der Waals surface area contributed by atoms with E-state index in [2.05, 4.69) is 20.6 Å². The number of aliphatic carboxylic acids is 1. The Bertz CT molecular complexity index is 987. The zero-order valence-corrected chi connectivity index (χ0v) is 18.6. The summed E-state index contributed by atoms with van der Waals surface area (Å²) in [5.41, 5.74) is -0.0661. The predicted octanol–water partition coefficient (Wildman–Crippen LogP) is 5.89. The molecule has 0 radical (unpaired) electrons. The third kappa shape index (κ3) is 6.15. The van der Waals surface area contributed by atoms with Crippen LogP contribution in [-0.2, 0) is 11.0 Å². The molecule has 1 aromatic carbocycles. The quantitative estimate of drug-likeness (QED) is 0.388. The first-order valence-electron chi connectivity index (χ1n) is 11.6. The van der Waals surface area contributed by atoms with E-state index in [0.29, 0.717) is 18.0 Å². The second-order valence-corrected chi connectivity index (χ2v) is 9.33. The molecule has 2 aromatic rings. The average molecular weight is 481 g/mol. The first-order valence-corrected chi connectivity index (χ1v) is 11.6. The van der Waals surface area contributed by atoms with Gasteiger partial charge in [0.2, 0.25) is 5.82 Å². The number of hydrogen-bond donors (Lipinski definition) is 3. The van der Waals surface area contributed by atoms with Crippen molar-refractivity contribution in [3.63, 3.8) is 0 Å². The number of nitrogens with zero attached hydrogens (tertiary/aromatic N) is 2. The Balaban J connectivity index is 1.39. The number of carboxylic acids is 1. The Morgan fingerprint density at radius 1 is 1.00 bits per heavy atom. The van der Waals surface area contributed by atoms with E-state index in [1.807, 2.05) is 0 Å². The van der Waals surface area contributed by atoms with Gasteiger partial charge in [-0.25, -0.2) is 9.97 Å². The van der Waals surface area contributed by atoms with Crippen molar-refractivity contribution in [2.24, 2.45) is 17.8 Å². The molecule has 0 amide bonds. The first kappa shape index (κ1) is 24.2. The van der Waals surface area contributed by atoms with Gasteiger partial charge in [0, 0.05) is 13.0 Å². The summed E-state index contributed by atoms with van der Waals surface area (Å²) < 4.78 is 53.8. The zero-order valence-electron chi connectivity index (χ0n) is 18.6. The fourth-order valence-electron chi connectivity index (χ4n) is 4.65. The standard InChI is InChI=1S/C24H28F4N4O2/c25-20-22(29-12-15-3-1-14(2-4-15)11-19(33)34)30-13-31-23(20)32-21(16-5-6-16)17-7-9-18(10-8-17)24(26,27)28/h7-10,13-16,21H,1-6,11-12H2,(H,33,34)(H2,29,30,31,32). The average Bonchev–Trinajstić information content (AvgIpc) is 3.63. The fourth-order valence-corrected chi connectivity index (χ4v) is 4.65. The second kappa shape index (κ2) is 10.1. The monoisotopic (exact) mass is 480 g/mol. The van der Waals surface area contributed by atoms with Gasteiger partial charge in [0.05, 0.1) is 11.6 Å². The van der Waals surface area contributed by atoms with Crippen molar-refractivity contribution >= 4 is 17.6 Å². The predicted molar refractivity (Wildman–Crippen MR) is 119 cm³/mol. The van der Waals surface area contributed by atoms with Gasteiger partial charge in [-0.1, -0.05) is 12.1 Å². The van der Waals surface area contributed by atoms with E-state index in [4.69, 9.17) is 5.11 Å². The maximum Gasteiger partial charge on any atom is 0.416 e. The molecule has 2 fully saturated rings. The number of aromatic nitrogens is 2. The van der Waals surface area contributed by atoms with Crippen LogP contribution in [0.2, 0.25) is 0 Å². The molecule has 2 aliphatic rings. The summed E-state index contributed by atoms with van der Waals surface area (Å²) >= 11 is 0. The van der Waals surface area contributed by atoms with E-state index in [1.54, 1.807) is 0 Å². The largest absolute Gasteiger partial charge is 0.481 e. The summed E-state index contributed by atoms with van der Waals surface area (Å²) in [6.07, 6.45) is 2.28. The normalized spacial score (nSPS) is 21.6. The van der Waals surface area contributed by atoms with Crippen molar-refractivity contribution in [2.45, 2.75) is 57.2 Å². The number of alkyl halides is 3. The minimum absolute atomic E-state index is 0.0134. The minimum atomic E-state index is -4.41. The Morgan fingerprint density at radius 3 is 2.21 bits per heavy atom.